The summed E-state index contributed by atoms with van der Waals surface area (Å²) in [5, 5.41) is 7.35. The van der Waals surface area contributed by atoms with Crippen LogP contribution in [0.1, 0.15) is 88.9 Å². The van der Waals surface area contributed by atoms with Gasteiger partial charge in [0.15, 0.2) is 5.82 Å². The summed E-state index contributed by atoms with van der Waals surface area (Å²) in [4.78, 5) is 19.3. The normalized spacial score (nSPS) is 21.6. The first-order valence-corrected chi connectivity index (χ1v) is 13.9. The second kappa shape index (κ2) is 11.5. The fraction of sp³-hybridized carbons (Fsp3) is 0.621. The number of nitrogens with one attached hydrogen (secondary N) is 1. The van der Waals surface area contributed by atoms with E-state index in [4.69, 9.17) is 9.26 Å². The molecular formula is C29H40N4O3. The van der Waals surface area contributed by atoms with Gasteiger partial charge in [-0.1, -0.05) is 50.1 Å². The van der Waals surface area contributed by atoms with E-state index in [1.165, 1.54) is 24.0 Å². The van der Waals surface area contributed by atoms with Crippen molar-refractivity contribution in [2.45, 2.75) is 83.6 Å². The number of carbonyl (C=O) groups is 1. The number of hydrogen-bond acceptors (Lipinski definition) is 6. The van der Waals surface area contributed by atoms with Gasteiger partial charge >= 0.3 is 6.01 Å². The van der Waals surface area contributed by atoms with Crippen LogP contribution in [0.25, 0.3) is 5.57 Å². The minimum absolute atomic E-state index is 0.125. The van der Waals surface area contributed by atoms with Gasteiger partial charge in [0, 0.05) is 31.0 Å². The largest absolute Gasteiger partial charge is 0.493 e. The highest BCUT2D eigenvalue weighted by molar-refractivity contribution is 5.81. The summed E-state index contributed by atoms with van der Waals surface area (Å²) in [5.41, 5.74) is 2.59. The molecule has 1 N–H and O–H groups in total. The van der Waals surface area contributed by atoms with Crippen molar-refractivity contribution >= 4 is 17.5 Å². The maximum atomic E-state index is 12.6. The van der Waals surface area contributed by atoms with Crippen molar-refractivity contribution in [2.75, 3.05) is 24.6 Å². The fourth-order valence-electron chi connectivity index (χ4n) is 5.58. The number of piperidine rings is 1. The summed E-state index contributed by atoms with van der Waals surface area (Å²) >= 11 is 0. The average Bonchev–Trinajstić information content (AvgIpc) is 3.61. The second-order valence-electron chi connectivity index (χ2n) is 11.0. The van der Waals surface area contributed by atoms with Crippen LogP contribution in [-0.4, -0.2) is 41.8 Å². The number of benzene rings is 1. The van der Waals surface area contributed by atoms with Crippen LogP contribution in [0.4, 0.5) is 6.01 Å². The van der Waals surface area contributed by atoms with Gasteiger partial charge in [0.25, 0.3) is 0 Å². The van der Waals surface area contributed by atoms with Crippen LogP contribution in [0.2, 0.25) is 0 Å². The molecule has 194 valence electrons. The van der Waals surface area contributed by atoms with Crippen molar-refractivity contribution in [3.8, 4) is 5.75 Å². The molecule has 1 aliphatic heterocycles. The predicted molar refractivity (Wildman–Crippen MR) is 141 cm³/mol. The molecule has 7 heteroatoms. The minimum atomic E-state index is 0.125. The van der Waals surface area contributed by atoms with Crippen molar-refractivity contribution < 1.29 is 14.1 Å². The molecule has 0 bridgehead atoms. The fourth-order valence-corrected chi connectivity index (χ4v) is 5.58. The summed E-state index contributed by atoms with van der Waals surface area (Å²) in [7, 11) is 0. The van der Waals surface area contributed by atoms with Gasteiger partial charge in [-0.3, -0.25) is 4.79 Å². The third-order valence-electron chi connectivity index (χ3n) is 8.03. The lowest BCUT2D eigenvalue weighted by molar-refractivity contribution is -0.125. The Kier molecular flexibility index (Phi) is 7.93. The molecule has 2 aromatic rings. The van der Waals surface area contributed by atoms with Gasteiger partial charge in [-0.15, -0.1) is 0 Å². The van der Waals surface area contributed by atoms with Crippen LogP contribution in [0.3, 0.4) is 0 Å². The lowest BCUT2D eigenvalue weighted by atomic mass is 9.86. The quantitative estimate of drug-likeness (QED) is 0.507. The van der Waals surface area contributed by atoms with Gasteiger partial charge < -0.3 is 19.5 Å². The van der Waals surface area contributed by atoms with Crippen LogP contribution in [-0.2, 0) is 4.79 Å². The van der Waals surface area contributed by atoms with E-state index >= 15 is 0 Å². The first-order chi connectivity index (χ1) is 17.5. The third-order valence-corrected chi connectivity index (χ3v) is 8.03. The Labute approximate surface area is 214 Å². The molecule has 0 radical (unpaired) electrons. The van der Waals surface area contributed by atoms with E-state index in [0.717, 1.165) is 76.2 Å². The molecule has 1 unspecified atom stereocenters. The minimum Gasteiger partial charge on any atom is -0.493 e. The maximum Gasteiger partial charge on any atom is 0.324 e. The lowest BCUT2D eigenvalue weighted by Gasteiger charge is -2.30. The Balaban J connectivity index is 1.05. The van der Waals surface area contributed by atoms with Crippen LogP contribution in [0.15, 0.2) is 34.9 Å². The van der Waals surface area contributed by atoms with Gasteiger partial charge in [0.1, 0.15) is 5.75 Å². The molecule has 5 rings (SSSR count). The van der Waals surface area contributed by atoms with Crippen molar-refractivity contribution in [3.05, 3.63) is 41.7 Å². The molecule has 1 saturated carbocycles. The van der Waals surface area contributed by atoms with E-state index in [1.54, 1.807) is 0 Å². The molecule has 1 aromatic heterocycles. The number of amides is 1. The van der Waals surface area contributed by atoms with Crippen LogP contribution >= 0.6 is 0 Å². The number of nitrogens with zero attached hydrogens (tertiary/aromatic N) is 3. The number of anilines is 1. The second-order valence-corrected chi connectivity index (χ2v) is 11.0. The highest BCUT2D eigenvalue weighted by Crippen LogP contribution is 2.32. The highest BCUT2D eigenvalue weighted by Gasteiger charge is 2.26. The predicted octanol–water partition coefficient (Wildman–Crippen LogP) is 5.73. The first kappa shape index (κ1) is 24.8. The topological polar surface area (TPSA) is 80.5 Å². The number of allylic oxidation sites excluding steroid dienone is 2. The Bertz CT molecular complexity index is 1030. The molecule has 1 aromatic carbocycles. The van der Waals surface area contributed by atoms with E-state index in [2.05, 4.69) is 64.5 Å². The lowest BCUT2D eigenvalue weighted by Crippen LogP contribution is -2.37. The number of rotatable bonds is 8. The van der Waals surface area contributed by atoms with Crippen molar-refractivity contribution in [3.63, 3.8) is 0 Å². The van der Waals surface area contributed by atoms with Crippen LogP contribution in [0.5, 0.6) is 5.75 Å². The van der Waals surface area contributed by atoms with Gasteiger partial charge in [0.05, 0.1) is 6.61 Å². The number of aromatic nitrogens is 2. The van der Waals surface area contributed by atoms with E-state index < -0.39 is 0 Å². The average molecular weight is 493 g/mol. The zero-order valence-electron chi connectivity index (χ0n) is 21.7. The van der Waals surface area contributed by atoms with Crippen LogP contribution < -0.4 is 15.0 Å². The number of carbonyl (C=O) groups excluding carboxylic acids is 1. The van der Waals surface area contributed by atoms with Crippen LogP contribution in [0, 0.1) is 11.8 Å². The Hall–Kier alpha value is -2.83. The summed E-state index contributed by atoms with van der Waals surface area (Å²) in [6, 6.07) is 9.53. The van der Waals surface area contributed by atoms with E-state index in [-0.39, 0.29) is 17.7 Å². The highest BCUT2D eigenvalue weighted by atomic mass is 16.5. The zero-order chi connectivity index (χ0) is 24.9. The maximum absolute atomic E-state index is 12.6. The van der Waals surface area contributed by atoms with Gasteiger partial charge in [0.2, 0.25) is 5.91 Å². The summed E-state index contributed by atoms with van der Waals surface area (Å²) < 4.78 is 11.6. The molecule has 2 heterocycles. The SMILES string of the molecule is CC(C)c1noc(N2CCC(COc3ccc(C4=CCC(C(=O)NC5CCCC5)CC4)cc3)CC2)n1. The number of hydrogen-bond donors (Lipinski definition) is 1. The van der Waals surface area contributed by atoms with Gasteiger partial charge in [-0.25, -0.2) is 0 Å². The van der Waals surface area contributed by atoms with Crippen molar-refractivity contribution in [1.82, 2.24) is 15.5 Å². The molecule has 7 nitrogen and oxygen atoms in total. The van der Waals surface area contributed by atoms with Crippen molar-refractivity contribution in [2.24, 2.45) is 11.8 Å². The first-order valence-electron chi connectivity index (χ1n) is 13.9. The molecular weight excluding hydrogens is 452 g/mol. The molecule has 0 spiro atoms. The molecule has 36 heavy (non-hydrogen) atoms. The zero-order valence-corrected chi connectivity index (χ0v) is 21.7. The molecule has 2 aliphatic carbocycles. The van der Waals surface area contributed by atoms with Crippen molar-refractivity contribution in [1.29, 1.82) is 0 Å². The molecule has 1 amide bonds. The van der Waals surface area contributed by atoms with E-state index in [9.17, 15) is 4.79 Å². The smallest absolute Gasteiger partial charge is 0.324 e. The molecule has 1 saturated heterocycles. The standard InChI is InChI=1S/C29H40N4O3/c1-20(2)27-31-29(36-32-27)33-17-15-21(16-18-33)19-35-26-13-11-23(12-14-26)22-7-9-24(10-8-22)28(34)30-25-5-3-4-6-25/h7,11-14,20-21,24-25H,3-6,8-10,15-19H2,1-2H3,(H,30,34). The molecule has 3 aliphatic rings. The van der Waals surface area contributed by atoms with E-state index in [0.29, 0.717) is 18.0 Å². The summed E-state index contributed by atoms with van der Waals surface area (Å²) in [5.74, 6) is 2.88. The van der Waals surface area contributed by atoms with E-state index in [1.807, 2.05) is 0 Å². The molecule has 1 atom stereocenters. The summed E-state index contributed by atoms with van der Waals surface area (Å²) in [6.07, 6.45) is 11.9. The Morgan fingerprint density at radius 2 is 1.86 bits per heavy atom. The Morgan fingerprint density at radius 1 is 1.11 bits per heavy atom. The van der Waals surface area contributed by atoms with Gasteiger partial charge in [-0.2, -0.15) is 4.98 Å². The third kappa shape index (κ3) is 6.11. The van der Waals surface area contributed by atoms with Gasteiger partial charge in [-0.05, 0) is 74.1 Å². The Morgan fingerprint density at radius 3 is 2.50 bits per heavy atom. The monoisotopic (exact) mass is 492 g/mol. The number of ether oxygens (including phenoxy) is 1. The summed E-state index contributed by atoms with van der Waals surface area (Å²) in [6.45, 7) is 6.71. The molecule has 2 fully saturated rings.